The van der Waals surface area contributed by atoms with E-state index in [1.807, 2.05) is 19.2 Å². The Balaban J connectivity index is 0.000000269. The van der Waals surface area contributed by atoms with Crippen LogP contribution in [0.25, 0.3) is 5.65 Å². The van der Waals surface area contributed by atoms with Crippen molar-refractivity contribution in [2.24, 2.45) is 0 Å². The zero-order valence-corrected chi connectivity index (χ0v) is 17.1. The summed E-state index contributed by atoms with van der Waals surface area (Å²) < 4.78 is 30.6. The first-order valence-corrected chi connectivity index (χ1v) is 9.99. The average molecular weight is 417 g/mol. The van der Waals surface area contributed by atoms with Gasteiger partial charge in [-0.2, -0.15) is 0 Å². The van der Waals surface area contributed by atoms with Gasteiger partial charge in [-0.25, -0.2) is 23.1 Å². The van der Waals surface area contributed by atoms with E-state index in [9.17, 15) is 13.6 Å². The van der Waals surface area contributed by atoms with E-state index in [0.29, 0.717) is 30.2 Å². The molecule has 0 bridgehead atoms. The zero-order chi connectivity index (χ0) is 21.5. The fourth-order valence-corrected chi connectivity index (χ4v) is 3.15. The number of aromatic nitrogens is 3. The fraction of sp³-hybridized carbons (Fsp3) is 0.381. The Morgan fingerprint density at radius 2 is 1.73 bits per heavy atom. The van der Waals surface area contributed by atoms with Gasteiger partial charge in [-0.05, 0) is 57.0 Å². The summed E-state index contributed by atoms with van der Waals surface area (Å²) in [6.07, 6.45) is 4.21. The molecule has 0 radical (unpaired) electrons. The number of halogens is 2. The van der Waals surface area contributed by atoms with E-state index in [-0.39, 0.29) is 5.97 Å². The van der Waals surface area contributed by atoms with Crippen molar-refractivity contribution < 1.29 is 18.3 Å². The van der Waals surface area contributed by atoms with Gasteiger partial charge < -0.3 is 15.0 Å². The number of carbonyl (C=O) groups is 1. The Bertz CT molecular complexity index is 964. The van der Waals surface area contributed by atoms with Crippen molar-refractivity contribution in [2.75, 3.05) is 36.5 Å². The van der Waals surface area contributed by atoms with Crippen LogP contribution in [-0.2, 0) is 4.74 Å². The van der Waals surface area contributed by atoms with Crippen LogP contribution in [0.2, 0.25) is 0 Å². The summed E-state index contributed by atoms with van der Waals surface area (Å²) in [4.78, 5) is 19.2. The Labute approximate surface area is 173 Å². The van der Waals surface area contributed by atoms with Crippen molar-refractivity contribution in [1.82, 2.24) is 14.6 Å². The molecule has 160 valence electrons. The van der Waals surface area contributed by atoms with Crippen LogP contribution in [0, 0.1) is 11.6 Å². The highest BCUT2D eigenvalue weighted by Crippen LogP contribution is 2.24. The van der Waals surface area contributed by atoms with Gasteiger partial charge >= 0.3 is 5.97 Å². The number of anilines is 2. The van der Waals surface area contributed by atoms with Crippen molar-refractivity contribution >= 4 is 23.3 Å². The van der Waals surface area contributed by atoms with Crippen LogP contribution in [0.4, 0.5) is 20.4 Å². The number of hydrogen-bond donors (Lipinski definition) is 1. The van der Waals surface area contributed by atoms with Gasteiger partial charge in [0.1, 0.15) is 23.0 Å². The van der Waals surface area contributed by atoms with Crippen LogP contribution in [-0.4, -0.2) is 46.8 Å². The van der Waals surface area contributed by atoms with Crippen molar-refractivity contribution in [3.8, 4) is 0 Å². The van der Waals surface area contributed by atoms with Gasteiger partial charge in [0.05, 0.1) is 6.61 Å². The second kappa shape index (κ2) is 10.00. The molecule has 0 atom stereocenters. The predicted molar refractivity (Wildman–Crippen MR) is 111 cm³/mol. The number of benzene rings is 1. The van der Waals surface area contributed by atoms with Crippen molar-refractivity contribution in [3.63, 3.8) is 0 Å². The number of nitrogens with zero attached hydrogens (tertiary/aromatic N) is 4. The van der Waals surface area contributed by atoms with E-state index in [1.165, 1.54) is 12.8 Å². The first kappa shape index (κ1) is 21.5. The SMILES string of the molecule is CCNc1nn2ccc(N3CCCC3)nc2c1C(=O)OCC.Fc1ccc(F)cc1. The van der Waals surface area contributed by atoms with Gasteiger partial charge in [0.25, 0.3) is 0 Å². The Kier molecular flexibility index (Phi) is 7.16. The van der Waals surface area contributed by atoms with Gasteiger partial charge in [-0.15, -0.1) is 5.10 Å². The molecule has 3 aromatic rings. The maximum absolute atomic E-state index is 12.3. The highest BCUT2D eigenvalue weighted by atomic mass is 19.1. The fourth-order valence-electron chi connectivity index (χ4n) is 3.15. The molecule has 1 saturated heterocycles. The number of rotatable bonds is 5. The normalized spacial score (nSPS) is 13.1. The van der Waals surface area contributed by atoms with Crippen LogP contribution in [0.3, 0.4) is 0 Å². The van der Waals surface area contributed by atoms with E-state index in [4.69, 9.17) is 4.74 Å². The summed E-state index contributed by atoms with van der Waals surface area (Å²) in [6, 6.07) is 6.26. The first-order chi connectivity index (χ1) is 14.5. The van der Waals surface area contributed by atoms with E-state index >= 15 is 0 Å². The maximum Gasteiger partial charge on any atom is 0.345 e. The van der Waals surface area contributed by atoms with Gasteiger partial charge in [0.15, 0.2) is 11.5 Å². The summed E-state index contributed by atoms with van der Waals surface area (Å²) in [5.74, 6) is 0.197. The largest absolute Gasteiger partial charge is 0.462 e. The van der Waals surface area contributed by atoms with Crippen molar-refractivity contribution in [2.45, 2.75) is 26.7 Å². The third kappa shape index (κ3) is 5.03. The summed E-state index contributed by atoms with van der Waals surface area (Å²) in [5.41, 5.74) is 0.948. The smallest absolute Gasteiger partial charge is 0.345 e. The number of fused-ring (bicyclic) bond motifs is 1. The summed E-state index contributed by atoms with van der Waals surface area (Å²) in [5, 5.41) is 7.50. The first-order valence-electron chi connectivity index (χ1n) is 9.99. The number of carbonyl (C=O) groups excluding carboxylic acids is 1. The second-order valence-electron chi connectivity index (χ2n) is 6.66. The van der Waals surface area contributed by atoms with Crippen LogP contribution in [0.1, 0.15) is 37.0 Å². The highest BCUT2D eigenvalue weighted by molar-refractivity contribution is 6.01. The molecule has 1 fully saturated rings. The molecule has 1 aliphatic rings. The van der Waals surface area contributed by atoms with Crippen LogP contribution in [0.5, 0.6) is 0 Å². The standard InChI is InChI=1S/C15H21N5O2.C6H4F2/c1-3-16-13-12(15(21)22-4-2)14-17-11(7-10-20(14)18-13)19-8-5-6-9-19;7-5-1-2-6(8)4-3-5/h7,10H,3-6,8-9H2,1-2H3,(H,16,18);1-4H. The molecule has 4 rings (SSSR count). The average Bonchev–Trinajstić information content (AvgIpc) is 3.38. The quantitative estimate of drug-likeness (QED) is 0.635. The number of nitrogens with one attached hydrogen (secondary N) is 1. The molecule has 0 spiro atoms. The Morgan fingerprint density at radius 1 is 1.10 bits per heavy atom. The highest BCUT2D eigenvalue weighted by Gasteiger charge is 2.23. The molecule has 0 amide bonds. The van der Waals surface area contributed by atoms with E-state index < -0.39 is 11.6 Å². The van der Waals surface area contributed by atoms with Gasteiger partial charge in [0, 0.05) is 25.8 Å². The van der Waals surface area contributed by atoms with Crippen LogP contribution in [0.15, 0.2) is 36.5 Å². The summed E-state index contributed by atoms with van der Waals surface area (Å²) >= 11 is 0. The number of esters is 1. The lowest BCUT2D eigenvalue weighted by Crippen LogP contribution is -2.19. The maximum atomic E-state index is 12.3. The molecular formula is C21H25F2N5O2. The van der Waals surface area contributed by atoms with E-state index in [2.05, 4.69) is 20.3 Å². The molecule has 30 heavy (non-hydrogen) atoms. The predicted octanol–water partition coefficient (Wildman–Crippen LogP) is 3.90. The van der Waals surface area contributed by atoms with E-state index in [1.54, 1.807) is 11.4 Å². The minimum Gasteiger partial charge on any atom is -0.462 e. The molecule has 0 saturated carbocycles. The summed E-state index contributed by atoms with van der Waals surface area (Å²) in [7, 11) is 0. The molecule has 1 aliphatic heterocycles. The Morgan fingerprint density at radius 3 is 2.30 bits per heavy atom. The Hall–Kier alpha value is -3.23. The molecule has 0 aliphatic carbocycles. The van der Waals surface area contributed by atoms with E-state index in [0.717, 1.165) is 43.2 Å². The minimum absolute atomic E-state index is 0.327. The number of hydrogen-bond acceptors (Lipinski definition) is 6. The van der Waals surface area contributed by atoms with Crippen molar-refractivity contribution in [1.29, 1.82) is 0 Å². The lowest BCUT2D eigenvalue weighted by atomic mass is 10.3. The van der Waals surface area contributed by atoms with Crippen LogP contribution < -0.4 is 10.2 Å². The molecule has 3 heterocycles. The minimum atomic E-state index is -0.411. The molecule has 1 N–H and O–H groups in total. The monoisotopic (exact) mass is 417 g/mol. The third-order valence-electron chi connectivity index (χ3n) is 4.53. The molecule has 9 heteroatoms. The zero-order valence-electron chi connectivity index (χ0n) is 17.1. The molecule has 1 aromatic carbocycles. The van der Waals surface area contributed by atoms with Gasteiger partial charge in [-0.3, -0.25) is 0 Å². The summed E-state index contributed by atoms with van der Waals surface area (Å²) in [6.45, 7) is 6.77. The second-order valence-corrected chi connectivity index (χ2v) is 6.66. The molecule has 0 unspecified atom stereocenters. The molecular weight excluding hydrogens is 392 g/mol. The van der Waals surface area contributed by atoms with Crippen molar-refractivity contribution in [3.05, 3.63) is 53.7 Å². The molecule has 7 nitrogen and oxygen atoms in total. The van der Waals surface area contributed by atoms with Crippen LogP contribution >= 0.6 is 0 Å². The number of ether oxygens (including phenoxy) is 1. The lowest BCUT2D eigenvalue weighted by Gasteiger charge is -2.15. The topological polar surface area (TPSA) is 71.8 Å². The lowest BCUT2D eigenvalue weighted by molar-refractivity contribution is 0.0529. The molecule has 2 aromatic heterocycles. The van der Waals surface area contributed by atoms with Gasteiger partial charge in [-0.1, -0.05) is 0 Å². The van der Waals surface area contributed by atoms with Gasteiger partial charge in [0.2, 0.25) is 0 Å². The third-order valence-corrected chi connectivity index (χ3v) is 4.53.